The zero-order chi connectivity index (χ0) is 55.9. The molecule has 0 saturated carbocycles. The fraction of sp³-hybridized carbons (Fsp3) is 0.769. The highest BCUT2D eigenvalue weighted by molar-refractivity contribution is 8.00. The molecule has 0 bridgehead atoms. The monoisotopic (exact) mass is 1140 g/mol. The zero-order valence-corrected chi connectivity index (χ0v) is 45.9. The molecule has 2 saturated heterocycles. The minimum Gasteiger partial charge on any atom is -0.482 e. The SMILES string of the molecule is O=C(O)COc1cc(OCC(=O)O)cc(C(=O)CCCNC(=O)CCOCCOCCOCCOCCOCCOCCOCCOCCOCCOCCOCCOCCCC(=O)CCCC[C@@H]2SC[C@@H]3NC(=O)N[C@@H]32)c1. The second-order valence-electron chi connectivity index (χ2n) is 17.5. The highest BCUT2D eigenvalue weighted by atomic mass is 32.2. The van der Waals surface area contributed by atoms with E-state index in [4.69, 9.17) is 76.5 Å². The third-order valence-corrected chi connectivity index (χ3v) is 12.8. The number of carboxylic acids is 2. The summed E-state index contributed by atoms with van der Waals surface area (Å²) < 4.78 is 76.3. The zero-order valence-electron chi connectivity index (χ0n) is 45.1. The van der Waals surface area contributed by atoms with E-state index in [9.17, 15) is 28.8 Å². The summed E-state index contributed by atoms with van der Waals surface area (Å²) in [5, 5.41) is 26.9. The maximum absolute atomic E-state index is 12.7. The number of carboxylic acid groups (broad SMARTS) is 2. The van der Waals surface area contributed by atoms with Crippen LogP contribution in [0.3, 0.4) is 0 Å². The number of aliphatic carboxylic acids is 2. The number of urea groups is 1. The summed E-state index contributed by atoms with van der Waals surface area (Å²) in [6.45, 7) is 9.31. The summed E-state index contributed by atoms with van der Waals surface area (Å²) in [7, 11) is 0. The number of benzene rings is 1. The summed E-state index contributed by atoms with van der Waals surface area (Å²) in [6, 6.07) is 4.40. The van der Waals surface area contributed by atoms with Gasteiger partial charge in [0.1, 0.15) is 17.3 Å². The van der Waals surface area contributed by atoms with Gasteiger partial charge in [-0.3, -0.25) is 14.4 Å². The summed E-state index contributed by atoms with van der Waals surface area (Å²) >= 11 is 1.91. The van der Waals surface area contributed by atoms with Gasteiger partial charge >= 0.3 is 18.0 Å². The van der Waals surface area contributed by atoms with Gasteiger partial charge < -0.3 is 92.5 Å². The average molecular weight is 1140 g/mol. The number of ketones is 2. The molecule has 25 nitrogen and oxygen atoms in total. The Balaban J connectivity index is 0.921. The molecular weight excluding hydrogens is 1050 g/mol. The van der Waals surface area contributed by atoms with Gasteiger partial charge in [0.25, 0.3) is 0 Å². The van der Waals surface area contributed by atoms with Crippen molar-refractivity contribution in [3.63, 3.8) is 0 Å². The molecule has 2 fully saturated rings. The Morgan fingerprint density at radius 1 is 0.487 bits per heavy atom. The van der Waals surface area contributed by atoms with Crippen LogP contribution in [0, 0.1) is 0 Å². The van der Waals surface area contributed by atoms with Crippen molar-refractivity contribution in [2.24, 2.45) is 0 Å². The first kappa shape index (κ1) is 68.0. The molecular formula is C52H85N3O22S. The number of amides is 3. The van der Waals surface area contributed by atoms with Gasteiger partial charge in [-0.05, 0) is 37.8 Å². The van der Waals surface area contributed by atoms with Crippen LogP contribution in [0.1, 0.15) is 68.1 Å². The van der Waals surface area contributed by atoms with Crippen LogP contribution in [-0.2, 0) is 76.0 Å². The summed E-state index contributed by atoms with van der Waals surface area (Å²) in [5.41, 5.74) is 0.157. The molecule has 3 amide bonds. The first-order chi connectivity index (χ1) is 38.1. The number of nitrogens with one attached hydrogen (secondary N) is 3. The van der Waals surface area contributed by atoms with E-state index in [2.05, 4.69) is 16.0 Å². The highest BCUT2D eigenvalue weighted by Crippen LogP contribution is 2.33. The van der Waals surface area contributed by atoms with Gasteiger partial charge in [-0.1, -0.05) is 6.42 Å². The Labute approximate surface area is 461 Å². The number of fused-ring (bicyclic) bond motifs is 1. The molecule has 0 spiro atoms. The number of thioether (sulfide) groups is 1. The molecule has 0 aliphatic carbocycles. The molecule has 0 radical (unpaired) electrons. The van der Waals surface area contributed by atoms with Crippen molar-refractivity contribution in [3.8, 4) is 11.5 Å². The second-order valence-corrected chi connectivity index (χ2v) is 18.8. The van der Waals surface area contributed by atoms with Crippen molar-refractivity contribution in [2.75, 3.05) is 184 Å². The van der Waals surface area contributed by atoms with E-state index in [-0.39, 0.29) is 78.6 Å². The first-order valence-electron chi connectivity index (χ1n) is 26.9. The predicted octanol–water partition coefficient (Wildman–Crippen LogP) is 2.36. The average Bonchev–Trinajstić information content (AvgIpc) is 3.99. The lowest BCUT2D eigenvalue weighted by Crippen LogP contribution is -2.36. The molecule has 446 valence electrons. The number of rotatable bonds is 56. The van der Waals surface area contributed by atoms with Crippen LogP contribution >= 0.6 is 11.8 Å². The Bertz CT molecular complexity index is 1750. The van der Waals surface area contributed by atoms with E-state index >= 15 is 0 Å². The lowest BCUT2D eigenvalue weighted by molar-refractivity contribution is -0.140. The van der Waals surface area contributed by atoms with E-state index < -0.39 is 25.2 Å². The number of hydrogen-bond donors (Lipinski definition) is 5. The molecule has 3 rings (SSSR count). The van der Waals surface area contributed by atoms with Crippen LogP contribution in [0.25, 0.3) is 0 Å². The van der Waals surface area contributed by atoms with E-state index in [1.54, 1.807) is 0 Å². The molecule has 2 aliphatic heterocycles. The number of hydrogen-bond acceptors (Lipinski definition) is 21. The molecule has 1 aromatic rings. The quantitative estimate of drug-likeness (QED) is 0.0355. The molecule has 3 atom stereocenters. The van der Waals surface area contributed by atoms with Gasteiger partial charge in [-0.25, -0.2) is 14.4 Å². The van der Waals surface area contributed by atoms with Crippen molar-refractivity contribution in [3.05, 3.63) is 23.8 Å². The van der Waals surface area contributed by atoms with Crippen molar-refractivity contribution < 1.29 is 105 Å². The molecule has 26 heteroatoms. The fourth-order valence-electron chi connectivity index (χ4n) is 7.39. The van der Waals surface area contributed by atoms with E-state index in [1.165, 1.54) is 18.2 Å². The van der Waals surface area contributed by atoms with E-state index in [1.807, 2.05) is 11.8 Å². The largest absolute Gasteiger partial charge is 0.482 e. The van der Waals surface area contributed by atoms with Crippen LogP contribution in [0.2, 0.25) is 0 Å². The summed E-state index contributed by atoms with van der Waals surface area (Å²) in [5.74, 6) is -1.67. The lowest BCUT2D eigenvalue weighted by atomic mass is 10.0. The Morgan fingerprint density at radius 2 is 0.897 bits per heavy atom. The lowest BCUT2D eigenvalue weighted by Gasteiger charge is -2.16. The van der Waals surface area contributed by atoms with E-state index in [0.717, 1.165) is 25.0 Å². The van der Waals surface area contributed by atoms with Crippen molar-refractivity contribution in [1.82, 2.24) is 16.0 Å². The van der Waals surface area contributed by atoms with Crippen LogP contribution < -0.4 is 25.4 Å². The van der Waals surface area contributed by atoms with Gasteiger partial charge in [-0.2, -0.15) is 11.8 Å². The molecule has 2 aliphatic rings. The van der Waals surface area contributed by atoms with Crippen LogP contribution in [-0.4, -0.2) is 247 Å². The third-order valence-electron chi connectivity index (χ3n) is 11.3. The number of unbranched alkanes of at least 4 members (excludes halogenated alkanes) is 1. The molecule has 5 N–H and O–H groups in total. The van der Waals surface area contributed by atoms with Gasteiger partial charge in [0.15, 0.2) is 19.0 Å². The number of Topliss-reactive ketones (excluding diaryl/α,β-unsaturated/α-hetero) is 2. The van der Waals surface area contributed by atoms with Crippen molar-refractivity contribution in [1.29, 1.82) is 0 Å². The Morgan fingerprint density at radius 3 is 1.33 bits per heavy atom. The number of ether oxygens (including phenoxy) is 14. The van der Waals surface area contributed by atoms with Gasteiger partial charge in [0, 0.05) is 61.5 Å². The van der Waals surface area contributed by atoms with Crippen molar-refractivity contribution >= 4 is 47.2 Å². The smallest absolute Gasteiger partial charge is 0.341 e. The van der Waals surface area contributed by atoms with Crippen LogP contribution in [0.4, 0.5) is 4.79 Å². The molecule has 0 unspecified atom stereocenters. The molecule has 78 heavy (non-hydrogen) atoms. The Hall–Kier alpha value is -4.29. The first-order valence-corrected chi connectivity index (χ1v) is 27.9. The summed E-state index contributed by atoms with van der Waals surface area (Å²) in [6.07, 6.45) is 5.31. The molecule has 2 heterocycles. The van der Waals surface area contributed by atoms with Gasteiger partial charge in [0.05, 0.1) is 164 Å². The molecule has 0 aromatic heterocycles. The summed E-state index contributed by atoms with van der Waals surface area (Å²) in [4.78, 5) is 70.2. The third kappa shape index (κ3) is 36.8. The van der Waals surface area contributed by atoms with Gasteiger partial charge in [-0.15, -0.1) is 0 Å². The highest BCUT2D eigenvalue weighted by Gasteiger charge is 2.42. The minimum atomic E-state index is -1.22. The maximum Gasteiger partial charge on any atom is 0.341 e. The van der Waals surface area contributed by atoms with E-state index in [0.29, 0.717) is 183 Å². The van der Waals surface area contributed by atoms with Crippen LogP contribution in [0.5, 0.6) is 11.5 Å². The molecule has 1 aromatic carbocycles. The predicted molar refractivity (Wildman–Crippen MR) is 282 cm³/mol. The Kier molecular flexibility index (Phi) is 40.5. The fourth-order valence-corrected chi connectivity index (χ4v) is 8.94. The standard InChI is InChI=1S/C52H85N3O22S/c56-42(5-1-2-8-47-51-45(40-78-47)54-52(63)55-51)6-4-11-64-13-15-66-17-19-68-21-23-70-25-27-72-29-31-74-33-34-75-32-30-73-28-26-71-24-22-69-20-18-67-16-14-65-12-9-48(58)53-10-3-7-46(57)41-35-43(76-38-49(59)60)37-44(36-41)77-39-50(61)62/h35-37,45,47,51H,1-34,38-40H2,(H,53,58)(H,59,60)(H,61,62)(H2,54,55,63)/t45-,47-,51-/m0/s1. The number of carbonyl (C=O) groups excluding carboxylic acids is 4. The number of carbonyl (C=O) groups is 6. The second kappa shape index (κ2) is 46.5. The van der Waals surface area contributed by atoms with Gasteiger partial charge in [0.2, 0.25) is 5.91 Å². The van der Waals surface area contributed by atoms with Crippen molar-refractivity contribution in [2.45, 2.75) is 75.1 Å². The minimum absolute atomic E-state index is 0.0442. The van der Waals surface area contributed by atoms with Crippen LogP contribution in [0.15, 0.2) is 18.2 Å². The maximum atomic E-state index is 12.7. The normalized spacial score (nSPS) is 15.7. The topological polar surface area (TPSA) is 308 Å².